The fourth-order valence-corrected chi connectivity index (χ4v) is 4.56. The molecule has 3 atom stereocenters. The molecule has 1 amide bonds. The van der Waals surface area contributed by atoms with Crippen molar-refractivity contribution >= 4 is 5.91 Å². The topological polar surface area (TPSA) is 40.5 Å². The summed E-state index contributed by atoms with van der Waals surface area (Å²) in [4.78, 5) is 14.5. The van der Waals surface area contributed by atoms with E-state index in [0.29, 0.717) is 24.9 Å². The van der Waals surface area contributed by atoms with Crippen LogP contribution in [0.3, 0.4) is 0 Å². The highest BCUT2D eigenvalue weighted by Gasteiger charge is 2.59. The predicted molar refractivity (Wildman–Crippen MR) is 80.9 cm³/mol. The molecule has 1 saturated heterocycles. The van der Waals surface area contributed by atoms with Crippen molar-refractivity contribution in [1.29, 1.82) is 0 Å². The lowest BCUT2D eigenvalue weighted by Gasteiger charge is -2.46. The normalized spacial score (nSPS) is 31.9. The quantitative estimate of drug-likeness (QED) is 0.926. The largest absolute Gasteiger partial charge is 0.386 e. The molecule has 4 rings (SSSR count). The van der Waals surface area contributed by atoms with E-state index < -0.39 is 5.60 Å². The molecule has 3 unspecified atom stereocenters. The van der Waals surface area contributed by atoms with Crippen molar-refractivity contribution in [2.24, 2.45) is 11.8 Å². The molecule has 3 nitrogen and oxygen atoms in total. The van der Waals surface area contributed by atoms with Crippen LogP contribution in [0.25, 0.3) is 0 Å². The average molecular weight is 285 g/mol. The molecule has 2 fully saturated rings. The lowest BCUT2D eigenvalue weighted by molar-refractivity contribution is -0.158. The number of hydrogen-bond donors (Lipinski definition) is 1. The molecule has 0 spiro atoms. The summed E-state index contributed by atoms with van der Waals surface area (Å²) >= 11 is 0. The zero-order valence-corrected chi connectivity index (χ0v) is 12.6. The lowest BCUT2D eigenvalue weighted by atomic mass is 9.89. The Balaban J connectivity index is 1.45. The molecule has 112 valence electrons. The molecular formula is C18H23NO2. The van der Waals surface area contributed by atoms with Crippen molar-refractivity contribution in [3.8, 4) is 0 Å². The van der Waals surface area contributed by atoms with E-state index >= 15 is 0 Å². The van der Waals surface area contributed by atoms with Crippen LogP contribution >= 0.6 is 0 Å². The van der Waals surface area contributed by atoms with Gasteiger partial charge in [0, 0.05) is 5.92 Å². The molecule has 1 aliphatic heterocycles. The zero-order valence-electron chi connectivity index (χ0n) is 12.6. The van der Waals surface area contributed by atoms with Gasteiger partial charge in [-0.3, -0.25) is 4.79 Å². The minimum absolute atomic E-state index is 0.180. The van der Waals surface area contributed by atoms with Gasteiger partial charge in [0.2, 0.25) is 5.91 Å². The summed E-state index contributed by atoms with van der Waals surface area (Å²) in [7, 11) is 0. The van der Waals surface area contributed by atoms with Crippen molar-refractivity contribution in [2.75, 3.05) is 13.1 Å². The average Bonchev–Trinajstić information content (AvgIpc) is 3.19. The van der Waals surface area contributed by atoms with Gasteiger partial charge < -0.3 is 10.0 Å². The predicted octanol–water partition coefficient (Wildman–Crippen LogP) is 2.34. The van der Waals surface area contributed by atoms with Gasteiger partial charge in [-0.1, -0.05) is 37.6 Å². The van der Waals surface area contributed by atoms with Crippen molar-refractivity contribution in [2.45, 2.75) is 44.1 Å². The Hall–Kier alpha value is -1.35. The number of hydrogen-bond acceptors (Lipinski definition) is 2. The monoisotopic (exact) mass is 285 g/mol. The van der Waals surface area contributed by atoms with Crippen LogP contribution in [-0.4, -0.2) is 34.6 Å². The summed E-state index contributed by atoms with van der Waals surface area (Å²) in [5, 5.41) is 10.3. The first kappa shape index (κ1) is 13.3. The summed E-state index contributed by atoms with van der Waals surface area (Å²) in [6.45, 7) is 3.16. The highest BCUT2D eigenvalue weighted by atomic mass is 16.3. The molecule has 2 aliphatic carbocycles. The Morgan fingerprint density at radius 2 is 2.14 bits per heavy atom. The van der Waals surface area contributed by atoms with E-state index in [1.165, 1.54) is 11.1 Å². The molecule has 3 aliphatic rings. The third-order valence-corrected chi connectivity index (χ3v) is 5.61. The van der Waals surface area contributed by atoms with Gasteiger partial charge in [-0.2, -0.15) is 0 Å². The Labute approximate surface area is 126 Å². The van der Waals surface area contributed by atoms with E-state index in [9.17, 15) is 9.90 Å². The van der Waals surface area contributed by atoms with Gasteiger partial charge >= 0.3 is 0 Å². The molecule has 0 bridgehead atoms. The molecule has 1 aromatic rings. The smallest absolute Gasteiger partial charge is 0.226 e. The summed E-state index contributed by atoms with van der Waals surface area (Å²) < 4.78 is 0. The first-order valence-corrected chi connectivity index (χ1v) is 8.22. The number of nitrogens with zero attached hydrogens (tertiary/aromatic N) is 1. The van der Waals surface area contributed by atoms with Crippen LogP contribution < -0.4 is 0 Å². The zero-order chi connectivity index (χ0) is 14.6. The first-order valence-electron chi connectivity index (χ1n) is 8.22. The number of aryl methyl sites for hydroxylation is 1. The van der Waals surface area contributed by atoms with Crippen LogP contribution in [0.15, 0.2) is 24.3 Å². The molecule has 3 heteroatoms. The lowest BCUT2D eigenvalue weighted by Crippen LogP contribution is -2.63. The summed E-state index contributed by atoms with van der Waals surface area (Å²) in [6.07, 6.45) is 4.03. The van der Waals surface area contributed by atoms with Gasteiger partial charge in [0.05, 0.1) is 18.7 Å². The summed E-state index contributed by atoms with van der Waals surface area (Å²) in [5.41, 5.74) is 2.22. The molecule has 1 heterocycles. The molecule has 21 heavy (non-hydrogen) atoms. The Kier molecular flexibility index (Phi) is 2.90. The molecule has 0 aromatic heterocycles. The van der Waals surface area contributed by atoms with Gasteiger partial charge in [0.25, 0.3) is 0 Å². The Morgan fingerprint density at radius 3 is 2.90 bits per heavy atom. The number of fused-ring (bicyclic) bond motifs is 3. The van der Waals surface area contributed by atoms with Crippen LogP contribution in [-0.2, 0) is 11.2 Å². The molecule has 1 saturated carbocycles. The fourth-order valence-electron chi connectivity index (χ4n) is 4.56. The van der Waals surface area contributed by atoms with Crippen molar-refractivity contribution < 1.29 is 9.90 Å². The highest BCUT2D eigenvalue weighted by molar-refractivity contribution is 5.85. The Bertz CT molecular complexity index is 576. The van der Waals surface area contributed by atoms with Gasteiger partial charge in [-0.15, -0.1) is 0 Å². The van der Waals surface area contributed by atoms with E-state index in [-0.39, 0.29) is 11.8 Å². The minimum Gasteiger partial charge on any atom is -0.386 e. The van der Waals surface area contributed by atoms with E-state index in [4.69, 9.17) is 0 Å². The fraction of sp³-hybridized carbons (Fsp3) is 0.611. The molecule has 1 N–H and O–H groups in total. The Morgan fingerprint density at radius 1 is 1.38 bits per heavy atom. The van der Waals surface area contributed by atoms with Crippen molar-refractivity contribution in [3.05, 3.63) is 35.4 Å². The maximum atomic E-state index is 12.7. The van der Waals surface area contributed by atoms with Gasteiger partial charge in [0.15, 0.2) is 0 Å². The van der Waals surface area contributed by atoms with Gasteiger partial charge in [-0.05, 0) is 42.2 Å². The maximum absolute atomic E-state index is 12.7. The second-order valence-electron chi connectivity index (χ2n) is 7.12. The second kappa shape index (κ2) is 4.57. The number of carbonyl (C=O) groups excluding carboxylic acids is 1. The highest BCUT2D eigenvalue weighted by Crippen LogP contribution is 2.60. The van der Waals surface area contributed by atoms with Gasteiger partial charge in [-0.25, -0.2) is 0 Å². The first-order chi connectivity index (χ1) is 10.1. The molecule has 0 radical (unpaired) electrons. The number of aliphatic hydroxyl groups is 1. The van der Waals surface area contributed by atoms with E-state index in [1.807, 2.05) is 4.90 Å². The third-order valence-electron chi connectivity index (χ3n) is 5.61. The van der Waals surface area contributed by atoms with Crippen LogP contribution in [0.1, 0.15) is 43.2 Å². The van der Waals surface area contributed by atoms with Crippen molar-refractivity contribution in [3.63, 3.8) is 0 Å². The SMILES string of the molecule is CCCC1(O)CN(C(=O)C2C3CCc4ccccc4C32)C1. The van der Waals surface area contributed by atoms with E-state index in [2.05, 4.69) is 31.2 Å². The summed E-state index contributed by atoms with van der Waals surface area (Å²) in [5.74, 6) is 1.46. The molecular weight excluding hydrogens is 262 g/mol. The van der Waals surface area contributed by atoms with E-state index in [1.54, 1.807) is 0 Å². The number of rotatable bonds is 3. The number of amides is 1. The summed E-state index contributed by atoms with van der Waals surface area (Å²) in [6, 6.07) is 8.58. The van der Waals surface area contributed by atoms with Gasteiger partial charge in [0.1, 0.15) is 0 Å². The second-order valence-corrected chi connectivity index (χ2v) is 7.12. The van der Waals surface area contributed by atoms with Crippen LogP contribution in [0.2, 0.25) is 0 Å². The van der Waals surface area contributed by atoms with Crippen LogP contribution in [0, 0.1) is 11.8 Å². The number of likely N-dealkylation sites (tertiary alicyclic amines) is 1. The number of β-amino-alcohol motifs (C(OH)–C–C–N with tert-alkyl or cyclic N) is 1. The molecule has 1 aromatic carbocycles. The minimum atomic E-state index is -0.609. The van der Waals surface area contributed by atoms with Crippen LogP contribution in [0.4, 0.5) is 0 Å². The number of benzene rings is 1. The van der Waals surface area contributed by atoms with Crippen molar-refractivity contribution in [1.82, 2.24) is 4.90 Å². The van der Waals surface area contributed by atoms with Crippen LogP contribution in [0.5, 0.6) is 0 Å². The maximum Gasteiger partial charge on any atom is 0.226 e. The standard InChI is InChI=1S/C18H23NO2/c1-2-9-18(21)10-19(11-18)17(20)16-14-8-7-12-5-3-4-6-13(12)15(14)16/h3-6,14-16,21H,2,7-11H2,1H3. The van der Waals surface area contributed by atoms with E-state index in [0.717, 1.165) is 25.7 Å². The number of carbonyl (C=O) groups is 1. The third kappa shape index (κ3) is 2.02.